The van der Waals surface area contributed by atoms with Crippen LogP contribution in [-0.2, 0) is 9.59 Å². The van der Waals surface area contributed by atoms with Gasteiger partial charge in [-0.2, -0.15) is 0 Å². The number of methoxy groups -OCH3 is 1. The van der Waals surface area contributed by atoms with Crippen molar-refractivity contribution in [3.05, 3.63) is 23.5 Å². The Bertz CT molecular complexity index is 1070. The van der Waals surface area contributed by atoms with E-state index < -0.39 is 23.1 Å². The molecule has 0 aromatic heterocycles. The molecule has 0 spiro atoms. The van der Waals surface area contributed by atoms with Crippen LogP contribution in [0.25, 0.3) is 0 Å². The molecule has 3 aliphatic rings. The third-order valence-corrected chi connectivity index (χ3v) is 9.23. The van der Waals surface area contributed by atoms with E-state index >= 15 is 0 Å². The van der Waals surface area contributed by atoms with Gasteiger partial charge >= 0.3 is 5.97 Å². The maximum Gasteiger partial charge on any atom is 0.309 e. The zero-order valence-corrected chi connectivity index (χ0v) is 23.0. The number of fused-ring (bicyclic) bond motifs is 2. The minimum absolute atomic E-state index is 0.0237. The fourth-order valence-electron chi connectivity index (χ4n) is 6.30. The van der Waals surface area contributed by atoms with Crippen LogP contribution in [0.5, 0.6) is 11.5 Å². The summed E-state index contributed by atoms with van der Waals surface area (Å²) in [7, 11) is 1.38. The molecule has 1 aromatic rings. The molecule has 0 radical (unpaired) electrons. The van der Waals surface area contributed by atoms with Gasteiger partial charge in [0.05, 0.1) is 30.1 Å². The number of carboxylic acids is 1. The summed E-state index contributed by atoms with van der Waals surface area (Å²) in [6.07, 6.45) is 4.32. The molecule has 5 atom stereocenters. The first-order chi connectivity index (χ1) is 17.9. The van der Waals surface area contributed by atoms with Gasteiger partial charge in [-0.1, -0.05) is 13.8 Å². The fraction of sp³-hybridized carbons (Fsp3) is 0.690. The average Bonchev–Trinajstić information content (AvgIpc) is 3.48. The summed E-state index contributed by atoms with van der Waals surface area (Å²) < 4.78 is 26.2. The summed E-state index contributed by atoms with van der Waals surface area (Å²) in [5.41, 5.74) is -0.660. The second-order valence-corrected chi connectivity index (χ2v) is 12.1. The molecular formula is C29H41FN2O6. The van der Waals surface area contributed by atoms with Crippen molar-refractivity contribution in [3.8, 4) is 11.5 Å². The summed E-state index contributed by atoms with van der Waals surface area (Å²) in [4.78, 5) is 38.3. The maximum absolute atomic E-state index is 14.9. The molecule has 2 bridgehead atoms. The molecular weight excluding hydrogens is 491 g/mol. The number of halogens is 1. The maximum atomic E-state index is 14.9. The number of carboxylic acid groups (broad SMARTS) is 1. The van der Waals surface area contributed by atoms with Crippen LogP contribution in [0, 0.1) is 34.9 Å². The highest BCUT2D eigenvalue weighted by molar-refractivity contribution is 5.98. The largest absolute Gasteiger partial charge is 0.496 e. The smallest absolute Gasteiger partial charge is 0.309 e. The van der Waals surface area contributed by atoms with Crippen LogP contribution < -0.4 is 20.1 Å². The number of carbonyl (C=O) groups is 3. The monoisotopic (exact) mass is 532 g/mol. The molecule has 38 heavy (non-hydrogen) atoms. The van der Waals surface area contributed by atoms with E-state index in [0.717, 1.165) is 25.3 Å². The third-order valence-electron chi connectivity index (χ3n) is 9.23. The first-order valence-corrected chi connectivity index (χ1v) is 13.8. The highest BCUT2D eigenvalue weighted by Gasteiger charge is 2.51. The molecule has 1 aromatic carbocycles. The lowest BCUT2D eigenvalue weighted by Gasteiger charge is -2.34. The van der Waals surface area contributed by atoms with Crippen molar-refractivity contribution in [1.82, 2.24) is 10.6 Å². The minimum Gasteiger partial charge on any atom is -0.496 e. The molecule has 0 heterocycles. The van der Waals surface area contributed by atoms with E-state index in [4.69, 9.17) is 9.47 Å². The zero-order valence-electron chi connectivity index (χ0n) is 23.0. The number of benzene rings is 1. The summed E-state index contributed by atoms with van der Waals surface area (Å²) >= 11 is 0. The Labute approximate surface area is 224 Å². The lowest BCUT2D eigenvalue weighted by Crippen LogP contribution is -2.51. The van der Waals surface area contributed by atoms with Crippen molar-refractivity contribution in [3.63, 3.8) is 0 Å². The van der Waals surface area contributed by atoms with Crippen molar-refractivity contribution >= 4 is 17.8 Å². The van der Waals surface area contributed by atoms with Crippen LogP contribution in [0.15, 0.2) is 12.1 Å². The van der Waals surface area contributed by atoms with Crippen LogP contribution >= 0.6 is 0 Å². The molecule has 2 amide bonds. The molecule has 0 saturated heterocycles. The Morgan fingerprint density at radius 1 is 1.05 bits per heavy atom. The molecule has 4 rings (SSSR count). The molecule has 3 N–H and O–H groups in total. The normalized spacial score (nSPS) is 31.1. The predicted molar refractivity (Wildman–Crippen MR) is 140 cm³/mol. The van der Waals surface area contributed by atoms with E-state index in [2.05, 4.69) is 24.5 Å². The average molecular weight is 533 g/mol. The van der Waals surface area contributed by atoms with Crippen molar-refractivity contribution in [2.75, 3.05) is 7.11 Å². The third kappa shape index (κ3) is 5.61. The van der Waals surface area contributed by atoms with Gasteiger partial charge in [-0.25, -0.2) is 4.39 Å². The molecule has 9 heteroatoms. The first kappa shape index (κ1) is 28.2. The van der Waals surface area contributed by atoms with Crippen molar-refractivity contribution in [2.24, 2.45) is 29.1 Å². The molecule has 210 valence electrons. The Hall–Kier alpha value is -2.84. The van der Waals surface area contributed by atoms with Gasteiger partial charge in [0, 0.05) is 18.2 Å². The van der Waals surface area contributed by atoms with Gasteiger partial charge in [0.25, 0.3) is 5.91 Å². The zero-order chi connectivity index (χ0) is 27.8. The highest BCUT2D eigenvalue weighted by atomic mass is 19.1. The van der Waals surface area contributed by atoms with Gasteiger partial charge < -0.3 is 25.2 Å². The van der Waals surface area contributed by atoms with E-state index in [0.29, 0.717) is 31.6 Å². The lowest BCUT2D eigenvalue weighted by molar-refractivity contribution is -0.150. The minimum atomic E-state index is -0.836. The quantitative estimate of drug-likeness (QED) is 0.430. The van der Waals surface area contributed by atoms with Crippen LogP contribution in [0.3, 0.4) is 0 Å². The van der Waals surface area contributed by atoms with Gasteiger partial charge in [0.15, 0.2) is 11.6 Å². The van der Waals surface area contributed by atoms with E-state index in [1.807, 2.05) is 6.92 Å². The number of hydrogen-bond donors (Lipinski definition) is 3. The van der Waals surface area contributed by atoms with Crippen LogP contribution in [0.4, 0.5) is 4.39 Å². The Balaban J connectivity index is 1.49. The highest BCUT2D eigenvalue weighted by Crippen LogP contribution is 2.49. The molecule has 0 aliphatic heterocycles. The topological polar surface area (TPSA) is 114 Å². The molecule has 0 unspecified atom stereocenters. The van der Waals surface area contributed by atoms with Gasteiger partial charge in [-0.05, 0) is 82.6 Å². The predicted octanol–water partition coefficient (Wildman–Crippen LogP) is 4.55. The number of amides is 2. The second-order valence-electron chi connectivity index (χ2n) is 12.1. The van der Waals surface area contributed by atoms with Crippen LogP contribution in [0.2, 0.25) is 0 Å². The van der Waals surface area contributed by atoms with E-state index in [1.165, 1.54) is 13.2 Å². The van der Waals surface area contributed by atoms with Gasteiger partial charge in [0.2, 0.25) is 5.91 Å². The number of aliphatic carboxylic acids is 1. The molecule has 3 saturated carbocycles. The Kier molecular flexibility index (Phi) is 8.23. The summed E-state index contributed by atoms with van der Waals surface area (Å²) in [6.45, 7) is 7.82. The van der Waals surface area contributed by atoms with Gasteiger partial charge in [0.1, 0.15) is 5.75 Å². The number of ether oxygens (including phenoxy) is 2. The molecule has 8 nitrogen and oxygen atoms in total. The van der Waals surface area contributed by atoms with Gasteiger partial charge in [-0.3, -0.25) is 14.4 Å². The van der Waals surface area contributed by atoms with Crippen LogP contribution in [-0.4, -0.2) is 48.2 Å². The van der Waals surface area contributed by atoms with E-state index in [9.17, 15) is 23.9 Å². The Morgan fingerprint density at radius 2 is 1.71 bits per heavy atom. The SMILES string of the molecule is COc1cc(F)c(OC2CCC(C)(C(=O)O)CC2)cc1C(=O)N[C@@H]1[C@H]2CC[C@H](C2)[C@@H]1C(=O)N[C@H](C)C(C)C. The fourth-order valence-corrected chi connectivity index (χ4v) is 6.30. The Morgan fingerprint density at radius 3 is 2.32 bits per heavy atom. The summed E-state index contributed by atoms with van der Waals surface area (Å²) in [6, 6.07) is 2.23. The number of carbonyl (C=O) groups excluding carboxylic acids is 2. The number of nitrogens with one attached hydrogen (secondary N) is 2. The lowest BCUT2D eigenvalue weighted by atomic mass is 9.75. The first-order valence-electron chi connectivity index (χ1n) is 13.8. The van der Waals surface area contributed by atoms with Crippen molar-refractivity contribution < 1.29 is 33.4 Å². The van der Waals surface area contributed by atoms with E-state index in [-0.39, 0.29) is 58.9 Å². The van der Waals surface area contributed by atoms with Crippen molar-refractivity contribution in [1.29, 1.82) is 0 Å². The standard InChI is InChI=1S/C29H41FN2O6/c1-15(2)16(3)31-27(34)24-17-6-7-18(12-17)25(24)32-26(33)20-13-23(21(30)14-22(20)37-5)38-19-8-10-29(4,11-9-19)28(35)36/h13-19,24-25H,6-12H2,1-5H3,(H,31,34)(H,32,33)(H,35,36)/t16-,17-,18+,19?,24+,25-,29?/m1/s1. The summed E-state index contributed by atoms with van der Waals surface area (Å²) in [5.74, 6) is -1.45. The second kappa shape index (κ2) is 11.1. The van der Waals surface area contributed by atoms with Gasteiger partial charge in [-0.15, -0.1) is 0 Å². The van der Waals surface area contributed by atoms with E-state index in [1.54, 1.807) is 6.92 Å². The van der Waals surface area contributed by atoms with Crippen LogP contribution in [0.1, 0.15) is 83.0 Å². The van der Waals surface area contributed by atoms with Crippen molar-refractivity contribution in [2.45, 2.75) is 90.8 Å². The summed E-state index contributed by atoms with van der Waals surface area (Å²) in [5, 5.41) is 15.7. The molecule has 3 aliphatic carbocycles. The number of hydrogen-bond acceptors (Lipinski definition) is 5. The number of rotatable bonds is 9. The molecule has 3 fully saturated rings.